The van der Waals surface area contributed by atoms with Crippen molar-refractivity contribution in [2.24, 2.45) is 0 Å². The van der Waals surface area contributed by atoms with Gasteiger partial charge in [-0.05, 0) is 18.2 Å². The fourth-order valence-corrected chi connectivity index (χ4v) is 1.43. The molecule has 2 aromatic rings. The quantitative estimate of drug-likeness (QED) is 0.825. The molecule has 1 heterocycles. The van der Waals surface area contributed by atoms with Gasteiger partial charge >= 0.3 is 6.18 Å². The third kappa shape index (κ3) is 3.76. The van der Waals surface area contributed by atoms with Crippen molar-refractivity contribution in [2.45, 2.75) is 12.6 Å². The standard InChI is InChI=1S/C13H10F3NO/c14-13(15,16)9-10-5-4-8-12(17-10)18-11-6-2-1-3-7-11/h1-8H,9H2. The molecule has 0 aliphatic carbocycles. The van der Waals surface area contributed by atoms with Crippen LogP contribution in [0.4, 0.5) is 13.2 Å². The zero-order chi connectivity index (χ0) is 13.0. The number of pyridine rings is 1. The van der Waals surface area contributed by atoms with Crippen LogP contribution in [0.25, 0.3) is 0 Å². The molecule has 0 radical (unpaired) electrons. The van der Waals surface area contributed by atoms with Gasteiger partial charge in [-0.3, -0.25) is 0 Å². The van der Waals surface area contributed by atoms with E-state index >= 15 is 0 Å². The second kappa shape index (κ2) is 5.08. The number of halogens is 3. The van der Waals surface area contributed by atoms with Crippen LogP contribution in [-0.4, -0.2) is 11.2 Å². The molecule has 0 N–H and O–H groups in total. The first kappa shape index (κ1) is 12.4. The Balaban J connectivity index is 2.13. The maximum Gasteiger partial charge on any atom is 0.394 e. The van der Waals surface area contributed by atoms with Crippen LogP contribution in [0.2, 0.25) is 0 Å². The van der Waals surface area contributed by atoms with E-state index in [2.05, 4.69) is 4.98 Å². The molecular weight excluding hydrogens is 243 g/mol. The fourth-order valence-electron chi connectivity index (χ4n) is 1.43. The Kier molecular flexibility index (Phi) is 3.50. The molecule has 1 aromatic carbocycles. The van der Waals surface area contributed by atoms with Crippen molar-refractivity contribution in [1.82, 2.24) is 4.98 Å². The number of benzene rings is 1. The summed E-state index contributed by atoms with van der Waals surface area (Å²) in [6.45, 7) is 0. The normalized spacial score (nSPS) is 11.3. The van der Waals surface area contributed by atoms with E-state index in [1.165, 1.54) is 18.2 Å². The van der Waals surface area contributed by atoms with E-state index in [-0.39, 0.29) is 11.6 Å². The lowest BCUT2D eigenvalue weighted by Crippen LogP contribution is -2.12. The third-order valence-electron chi connectivity index (χ3n) is 2.13. The molecule has 0 fully saturated rings. The van der Waals surface area contributed by atoms with Crippen molar-refractivity contribution in [3.8, 4) is 11.6 Å². The predicted octanol–water partition coefficient (Wildman–Crippen LogP) is 3.98. The maximum absolute atomic E-state index is 12.2. The van der Waals surface area contributed by atoms with Crippen LogP contribution in [0.5, 0.6) is 11.6 Å². The van der Waals surface area contributed by atoms with E-state index in [0.717, 1.165) is 0 Å². The molecule has 0 amide bonds. The summed E-state index contributed by atoms with van der Waals surface area (Å²) in [5.41, 5.74) is -0.0593. The van der Waals surface area contributed by atoms with E-state index in [0.29, 0.717) is 5.75 Å². The highest BCUT2D eigenvalue weighted by atomic mass is 19.4. The minimum Gasteiger partial charge on any atom is -0.439 e. The molecule has 0 saturated heterocycles. The van der Waals surface area contributed by atoms with E-state index in [1.54, 1.807) is 24.3 Å². The summed E-state index contributed by atoms with van der Waals surface area (Å²) in [5, 5.41) is 0. The molecule has 2 nitrogen and oxygen atoms in total. The zero-order valence-electron chi connectivity index (χ0n) is 9.32. The molecular formula is C13H10F3NO. The van der Waals surface area contributed by atoms with Gasteiger partial charge in [0.2, 0.25) is 5.88 Å². The average Bonchev–Trinajstić information content (AvgIpc) is 2.28. The first-order valence-corrected chi connectivity index (χ1v) is 5.28. The molecule has 0 spiro atoms. The monoisotopic (exact) mass is 253 g/mol. The summed E-state index contributed by atoms with van der Waals surface area (Å²) >= 11 is 0. The lowest BCUT2D eigenvalue weighted by Gasteiger charge is -2.08. The summed E-state index contributed by atoms with van der Waals surface area (Å²) in [7, 11) is 0. The van der Waals surface area contributed by atoms with Gasteiger partial charge in [0.25, 0.3) is 0 Å². The minimum absolute atomic E-state index is 0.0593. The number of para-hydroxylation sites is 1. The SMILES string of the molecule is FC(F)(F)Cc1cccc(Oc2ccccc2)n1. The van der Waals surface area contributed by atoms with Crippen molar-refractivity contribution >= 4 is 0 Å². The maximum atomic E-state index is 12.2. The van der Waals surface area contributed by atoms with Gasteiger partial charge in [-0.2, -0.15) is 13.2 Å². The highest BCUT2D eigenvalue weighted by Gasteiger charge is 2.28. The van der Waals surface area contributed by atoms with Crippen molar-refractivity contribution < 1.29 is 17.9 Å². The Morgan fingerprint density at radius 3 is 2.33 bits per heavy atom. The number of aromatic nitrogens is 1. The Bertz CT molecular complexity index is 511. The number of hydrogen-bond acceptors (Lipinski definition) is 2. The molecule has 94 valence electrons. The first-order chi connectivity index (χ1) is 8.53. The molecule has 2 rings (SSSR count). The van der Waals surface area contributed by atoms with Crippen LogP contribution in [0.1, 0.15) is 5.69 Å². The fraction of sp³-hybridized carbons (Fsp3) is 0.154. The molecule has 5 heteroatoms. The van der Waals surface area contributed by atoms with Gasteiger partial charge in [0, 0.05) is 6.07 Å². The summed E-state index contributed by atoms with van der Waals surface area (Å²) in [5.74, 6) is 0.692. The Labute approximate surface area is 102 Å². The second-order valence-corrected chi connectivity index (χ2v) is 3.67. The number of hydrogen-bond donors (Lipinski definition) is 0. The first-order valence-electron chi connectivity index (χ1n) is 5.28. The van der Waals surface area contributed by atoms with Crippen molar-refractivity contribution in [1.29, 1.82) is 0 Å². The smallest absolute Gasteiger partial charge is 0.394 e. The molecule has 1 aromatic heterocycles. The Morgan fingerprint density at radius 2 is 1.67 bits per heavy atom. The molecule has 0 saturated carbocycles. The van der Waals surface area contributed by atoms with Crippen LogP contribution in [0.15, 0.2) is 48.5 Å². The van der Waals surface area contributed by atoms with Gasteiger partial charge in [-0.15, -0.1) is 0 Å². The molecule has 0 atom stereocenters. The highest BCUT2D eigenvalue weighted by Crippen LogP contribution is 2.23. The largest absolute Gasteiger partial charge is 0.439 e. The van der Waals surface area contributed by atoms with E-state index in [4.69, 9.17) is 4.74 Å². The number of ether oxygens (including phenoxy) is 1. The van der Waals surface area contributed by atoms with Crippen LogP contribution >= 0.6 is 0 Å². The number of nitrogens with zero attached hydrogens (tertiary/aromatic N) is 1. The number of rotatable bonds is 3. The predicted molar refractivity (Wildman–Crippen MR) is 60.5 cm³/mol. The van der Waals surface area contributed by atoms with Crippen LogP contribution in [-0.2, 0) is 6.42 Å². The summed E-state index contributed by atoms with van der Waals surface area (Å²) < 4.78 is 42.0. The topological polar surface area (TPSA) is 22.1 Å². The van der Waals surface area contributed by atoms with E-state index in [1.807, 2.05) is 6.07 Å². The van der Waals surface area contributed by atoms with Crippen LogP contribution in [0, 0.1) is 0 Å². The summed E-state index contributed by atoms with van der Waals surface area (Å²) in [4.78, 5) is 3.81. The molecule has 0 aliphatic rings. The lowest BCUT2D eigenvalue weighted by atomic mass is 10.2. The Hall–Kier alpha value is -2.04. The molecule has 0 unspecified atom stereocenters. The van der Waals surface area contributed by atoms with Crippen molar-refractivity contribution in [3.63, 3.8) is 0 Å². The third-order valence-corrected chi connectivity index (χ3v) is 2.13. The molecule has 18 heavy (non-hydrogen) atoms. The second-order valence-electron chi connectivity index (χ2n) is 3.67. The Morgan fingerprint density at radius 1 is 0.944 bits per heavy atom. The minimum atomic E-state index is -4.27. The summed E-state index contributed by atoms with van der Waals surface area (Å²) in [6, 6.07) is 13.1. The van der Waals surface area contributed by atoms with Crippen LogP contribution < -0.4 is 4.74 Å². The molecule has 0 bridgehead atoms. The highest BCUT2D eigenvalue weighted by molar-refractivity contribution is 5.27. The van der Waals surface area contributed by atoms with E-state index < -0.39 is 12.6 Å². The van der Waals surface area contributed by atoms with Crippen molar-refractivity contribution in [3.05, 3.63) is 54.2 Å². The molecule has 0 aliphatic heterocycles. The van der Waals surface area contributed by atoms with Gasteiger partial charge in [0.1, 0.15) is 5.75 Å². The summed E-state index contributed by atoms with van der Waals surface area (Å²) in [6.07, 6.45) is -5.32. The zero-order valence-corrected chi connectivity index (χ0v) is 9.32. The average molecular weight is 253 g/mol. The van der Waals surface area contributed by atoms with Crippen molar-refractivity contribution in [2.75, 3.05) is 0 Å². The van der Waals surface area contributed by atoms with Gasteiger partial charge < -0.3 is 4.74 Å². The van der Waals surface area contributed by atoms with Gasteiger partial charge in [-0.25, -0.2) is 4.98 Å². The lowest BCUT2D eigenvalue weighted by molar-refractivity contribution is -0.127. The van der Waals surface area contributed by atoms with Gasteiger partial charge in [-0.1, -0.05) is 24.3 Å². The van der Waals surface area contributed by atoms with Crippen LogP contribution in [0.3, 0.4) is 0 Å². The van der Waals surface area contributed by atoms with Gasteiger partial charge in [0.05, 0.1) is 12.1 Å². The van der Waals surface area contributed by atoms with Gasteiger partial charge in [0.15, 0.2) is 0 Å². The number of alkyl halides is 3. The van der Waals surface area contributed by atoms with E-state index in [9.17, 15) is 13.2 Å².